The molecule has 0 atom stereocenters. The minimum Gasteiger partial charge on any atom is -0.343 e. The zero-order valence-electron chi connectivity index (χ0n) is 9.11. The van der Waals surface area contributed by atoms with E-state index in [0.717, 1.165) is 17.5 Å². The van der Waals surface area contributed by atoms with E-state index in [1.807, 2.05) is 0 Å². The van der Waals surface area contributed by atoms with Crippen LogP contribution in [-0.4, -0.2) is 27.8 Å². The maximum atomic E-state index is 5.79. The Morgan fingerprint density at radius 1 is 1.53 bits per heavy atom. The largest absolute Gasteiger partial charge is 0.343 e. The third kappa shape index (κ3) is 2.61. The summed E-state index contributed by atoms with van der Waals surface area (Å²) in [4.78, 5) is 6.81. The Labute approximate surface area is 99.6 Å². The SMILES string of the molecule is CC(C)N(CCCl)c1nc(C2CC2)ns1. The molecule has 1 aromatic heterocycles. The second-order valence-electron chi connectivity index (χ2n) is 4.19. The van der Waals surface area contributed by atoms with E-state index in [1.165, 1.54) is 24.4 Å². The summed E-state index contributed by atoms with van der Waals surface area (Å²) in [7, 11) is 0. The number of aromatic nitrogens is 2. The Bertz CT molecular complexity index is 322. The fraction of sp³-hybridized carbons (Fsp3) is 0.800. The van der Waals surface area contributed by atoms with Gasteiger partial charge >= 0.3 is 0 Å². The molecule has 2 rings (SSSR count). The summed E-state index contributed by atoms with van der Waals surface area (Å²) >= 11 is 7.29. The van der Waals surface area contributed by atoms with Crippen molar-refractivity contribution in [3.8, 4) is 0 Å². The molecule has 3 nitrogen and oxygen atoms in total. The average molecular weight is 246 g/mol. The Morgan fingerprint density at radius 2 is 2.27 bits per heavy atom. The van der Waals surface area contributed by atoms with Crippen LogP contribution in [0.4, 0.5) is 5.13 Å². The van der Waals surface area contributed by atoms with Crippen molar-refractivity contribution < 1.29 is 0 Å². The first-order valence-electron chi connectivity index (χ1n) is 5.38. The fourth-order valence-electron chi connectivity index (χ4n) is 1.52. The van der Waals surface area contributed by atoms with Crippen molar-refractivity contribution >= 4 is 28.3 Å². The average Bonchev–Trinajstić information content (AvgIpc) is 2.94. The molecule has 5 heteroatoms. The Morgan fingerprint density at radius 3 is 2.80 bits per heavy atom. The zero-order chi connectivity index (χ0) is 10.8. The van der Waals surface area contributed by atoms with Crippen LogP contribution in [0.5, 0.6) is 0 Å². The van der Waals surface area contributed by atoms with Gasteiger partial charge in [-0.25, -0.2) is 4.98 Å². The van der Waals surface area contributed by atoms with Crippen molar-refractivity contribution in [2.75, 3.05) is 17.3 Å². The van der Waals surface area contributed by atoms with Gasteiger partial charge in [0.1, 0.15) is 5.82 Å². The van der Waals surface area contributed by atoms with E-state index >= 15 is 0 Å². The second-order valence-corrected chi connectivity index (χ2v) is 5.29. The van der Waals surface area contributed by atoms with Crippen LogP contribution in [0.15, 0.2) is 0 Å². The molecule has 0 unspecified atom stereocenters. The van der Waals surface area contributed by atoms with Gasteiger partial charge in [0.25, 0.3) is 0 Å². The number of halogens is 1. The molecule has 15 heavy (non-hydrogen) atoms. The summed E-state index contributed by atoms with van der Waals surface area (Å²) < 4.78 is 4.41. The molecule has 1 heterocycles. The lowest BCUT2D eigenvalue weighted by Crippen LogP contribution is -2.32. The van der Waals surface area contributed by atoms with E-state index in [0.29, 0.717) is 17.8 Å². The molecule has 1 aliphatic rings. The van der Waals surface area contributed by atoms with Crippen molar-refractivity contribution in [3.63, 3.8) is 0 Å². The molecule has 0 N–H and O–H groups in total. The molecule has 0 aromatic carbocycles. The molecule has 0 radical (unpaired) electrons. The molecular weight excluding hydrogens is 230 g/mol. The molecule has 0 amide bonds. The van der Waals surface area contributed by atoms with E-state index in [4.69, 9.17) is 11.6 Å². The standard InChI is InChI=1S/C10H16ClN3S/c1-7(2)14(6-5-11)10-12-9(13-15-10)8-3-4-8/h7-8H,3-6H2,1-2H3. The highest BCUT2D eigenvalue weighted by molar-refractivity contribution is 7.09. The summed E-state index contributed by atoms with van der Waals surface area (Å²) in [6.45, 7) is 5.16. The molecule has 0 spiro atoms. The Hall–Kier alpha value is -0.350. The van der Waals surface area contributed by atoms with E-state index < -0.39 is 0 Å². The van der Waals surface area contributed by atoms with Crippen molar-refractivity contribution in [3.05, 3.63) is 5.82 Å². The number of anilines is 1. The highest BCUT2D eigenvalue weighted by Crippen LogP contribution is 2.39. The molecule has 1 aromatic rings. The van der Waals surface area contributed by atoms with Crippen LogP contribution in [0.1, 0.15) is 38.4 Å². The minimum absolute atomic E-state index is 0.434. The number of hydrogen-bond acceptors (Lipinski definition) is 4. The number of hydrogen-bond donors (Lipinski definition) is 0. The zero-order valence-corrected chi connectivity index (χ0v) is 10.7. The van der Waals surface area contributed by atoms with E-state index in [1.54, 1.807) is 0 Å². The molecule has 1 aliphatic carbocycles. The van der Waals surface area contributed by atoms with Crippen LogP contribution in [-0.2, 0) is 0 Å². The van der Waals surface area contributed by atoms with Crippen molar-refractivity contribution in [2.24, 2.45) is 0 Å². The van der Waals surface area contributed by atoms with E-state index in [-0.39, 0.29) is 0 Å². The first-order valence-corrected chi connectivity index (χ1v) is 6.69. The van der Waals surface area contributed by atoms with Crippen molar-refractivity contribution in [1.29, 1.82) is 0 Å². The number of rotatable bonds is 5. The normalized spacial score (nSPS) is 16.0. The van der Waals surface area contributed by atoms with Gasteiger partial charge < -0.3 is 4.90 Å². The summed E-state index contributed by atoms with van der Waals surface area (Å²) in [5, 5.41) is 1.02. The van der Waals surface area contributed by atoms with Gasteiger partial charge in [-0.1, -0.05) is 0 Å². The highest BCUT2D eigenvalue weighted by atomic mass is 35.5. The van der Waals surface area contributed by atoms with E-state index in [9.17, 15) is 0 Å². The summed E-state index contributed by atoms with van der Waals surface area (Å²) in [6, 6.07) is 0.434. The Balaban J connectivity index is 2.10. The van der Waals surface area contributed by atoms with Gasteiger partial charge in [0.15, 0.2) is 0 Å². The topological polar surface area (TPSA) is 29.0 Å². The number of nitrogens with zero attached hydrogens (tertiary/aromatic N) is 3. The first-order chi connectivity index (χ1) is 7.22. The molecular formula is C10H16ClN3S. The molecule has 0 saturated heterocycles. The maximum Gasteiger partial charge on any atom is 0.205 e. The predicted molar refractivity (Wildman–Crippen MR) is 65.1 cm³/mol. The number of alkyl halides is 1. The fourth-order valence-corrected chi connectivity index (χ4v) is 2.60. The third-order valence-corrected chi connectivity index (χ3v) is 3.50. The molecule has 84 valence electrons. The van der Waals surface area contributed by atoms with Gasteiger partial charge in [0, 0.05) is 35.9 Å². The summed E-state index contributed by atoms with van der Waals surface area (Å²) in [5.41, 5.74) is 0. The van der Waals surface area contributed by atoms with Gasteiger partial charge in [-0.2, -0.15) is 4.37 Å². The van der Waals surface area contributed by atoms with Gasteiger partial charge in [-0.05, 0) is 26.7 Å². The summed E-state index contributed by atoms with van der Waals surface area (Å²) in [5.74, 6) is 2.31. The Kier molecular flexibility index (Phi) is 3.46. The van der Waals surface area contributed by atoms with Crippen LogP contribution in [0.25, 0.3) is 0 Å². The predicted octanol–water partition coefficient (Wildman–Crippen LogP) is 2.87. The summed E-state index contributed by atoms with van der Waals surface area (Å²) in [6.07, 6.45) is 2.51. The second kappa shape index (κ2) is 4.66. The van der Waals surface area contributed by atoms with Crippen LogP contribution in [0.2, 0.25) is 0 Å². The quantitative estimate of drug-likeness (QED) is 0.747. The van der Waals surface area contributed by atoms with E-state index in [2.05, 4.69) is 28.1 Å². The lowest BCUT2D eigenvalue weighted by molar-refractivity contribution is 0.701. The van der Waals surface area contributed by atoms with Gasteiger partial charge in [0.05, 0.1) is 0 Å². The van der Waals surface area contributed by atoms with Gasteiger partial charge in [0.2, 0.25) is 5.13 Å². The third-order valence-electron chi connectivity index (χ3n) is 2.57. The first kappa shape index (κ1) is 11.1. The monoisotopic (exact) mass is 245 g/mol. The van der Waals surface area contributed by atoms with Crippen LogP contribution < -0.4 is 4.90 Å². The maximum absolute atomic E-state index is 5.79. The van der Waals surface area contributed by atoms with Crippen LogP contribution in [0, 0.1) is 0 Å². The molecule has 1 saturated carbocycles. The molecule has 1 fully saturated rings. The lowest BCUT2D eigenvalue weighted by atomic mass is 10.3. The minimum atomic E-state index is 0.434. The molecule has 0 aliphatic heterocycles. The highest BCUT2D eigenvalue weighted by Gasteiger charge is 2.28. The van der Waals surface area contributed by atoms with Crippen molar-refractivity contribution in [1.82, 2.24) is 9.36 Å². The lowest BCUT2D eigenvalue weighted by Gasteiger charge is -2.24. The van der Waals surface area contributed by atoms with Crippen LogP contribution >= 0.6 is 23.1 Å². The molecule has 0 bridgehead atoms. The van der Waals surface area contributed by atoms with Gasteiger partial charge in [-0.3, -0.25) is 0 Å². The van der Waals surface area contributed by atoms with Crippen LogP contribution in [0.3, 0.4) is 0 Å². The van der Waals surface area contributed by atoms with Crippen molar-refractivity contribution in [2.45, 2.75) is 38.6 Å². The van der Waals surface area contributed by atoms with Gasteiger partial charge in [-0.15, -0.1) is 11.6 Å². The smallest absolute Gasteiger partial charge is 0.205 e.